The highest BCUT2D eigenvalue weighted by Gasteiger charge is 2.51. The van der Waals surface area contributed by atoms with Crippen LogP contribution in [-0.2, 0) is 10.2 Å². The first-order valence-electron chi connectivity index (χ1n) is 10.3. The van der Waals surface area contributed by atoms with Gasteiger partial charge in [-0.25, -0.2) is 4.72 Å². The Hall–Kier alpha value is -3.04. The molecule has 1 aliphatic heterocycles. The number of rotatable bonds is 6. The van der Waals surface area contributed by atoms with Gasteiger partial charge in [0.2, 0.25) is 12.7 Å². The minimum absolute atomic E-state index is 0.0353. The number of carbonyl (C=O) groups is 1. The summed E-state index contributed by atoms with van der Waals surface area (Å²) in [6.45, 7) is 0.208. The number of fused-ring (bicyclic) bond motifs is 1. The van der Waals surface area contributed by atoms with Gasteiger partial charge in [0.15, 0.2) is 11.5 Å². The molecule has 0 spiro atoms. The van der Waals surface area contributed by atoms with E-state index in [1.165, 1.54) is 7.05 Å². The smallest absolute Gasteiger partial charge is 0.235 e. The van der Waals surface area contributed by atoms with Gasteiger partial charge in [0, 0.05) is 12.7 Å². The van der Waals surface area contributed by atoms with E-state index in [0.29, 0.717) is 22.1 Å². The second-order valence-electron chi connectivity index (χ2n) is 7.96. The monoisotopic (exact) mass is 452 g/mol. The number of carbonyl (C=O) groups excluding carboxylic acids is 1. The summed E-state index contributed by atoms with van der Waals surface area (Å²) in [6.07, 6.45) is 1.58. The van der Waals surface area contributed by atoms with E-state index in [4.69, 9.17) is 9.47 Å². The van der Waals surface area contributed by atoms with Crippen LogP contribution in [0.15, 0.2) is 71.6 Å². The number of hydrogen-bond acceptors (Lipinski definition) is 6. The first-order valence-corrected chi connectivity index (χ1v) is 11.8. The Kier molecular flexibility index (Phi) is 5.10. The summed E-state index contributed by atoms with van der Waals surface area (Å²) < 4.78 is 33.4. The topological polar surface area (TPSA) is 100 Å². The van der Waals surface area contributed by atoms with Crippen LogP contribution in [0.3, 0.4) is 0 Å². The maximum absolute atomic E-state index is 13.2. The zero-order valence-electron chi connectivity index (χ0n) is 17.5. The average Bonchev–Trinajstić information content (AvgIpc) is 3.50. The number of ether oxygens (including phenoxy) is 2. The second kappa shape index (κ2) is 7.83. The van der Waals surface area contributed by atoms with Crippen molar-refractivity contribution in [3.63, 3.8) is 0 Å². The fourth-order valence-corrected chi connectivity index (χ4v) is 4.70. The van der Waals surface area contributed by atoms with E-state index in [9.17, 15) is 13.9 Å². The van der Waals surface area contributed by atoms with E-state index < -0.39 is 16.2 Å². The summed E-state index contributed by atoms with van der Waals surface area (Å²) in [4.78, 5) is 13.6. The van der Waals surface area contributed by atoms with Crippen LogP contribution in [0.2, 0.25) is 0 Å². The van der Waals surface area contributed by atoms with Gasteiger partial charge < -0.3 is 14.8 Å². The van der Waals surface area contributed by atoms with Crippen molar-refractivity contribution in [3.8, 4) is 22.6 Å². The van der Waals surface area contributed by atoms with Gasteiger partial charge in [-0.3, -0.25) is 13.9 Å². The van der Waals surface area contributed by atoms with E-state index in [1.807, 2.05) is 54.6 Å². The molecule has 3 aromatic rings. The molecule has 166 valence electrons. The lowest BCUT2D eigenvalue weighted by Gasteiger charge is -2.31. The maximum Gasteiger partial charge on any atom is 0.235 e. The summed E-state index contributed by atoms with van der Waals surface area (Å²) in [5.41, 5.74) is 2.94. The van der Waals surface area contributed by atoms with Crippen LogP contribution in [0.25, 0.3) is 11.1 Å². The largest absolute Gasteiger partial charge is 0.454 e. The number of amides is 1. The molecule has 0 aromatic heterocycles. The van der Waals surface area contributed by atoms with E-state index in [-0.39, 0.29) is 12.7 Å². The highest BCUT2D eigenvalue weighted by Crippen LogP contribution is 2.51. The van der Waals surface area contributed by atoms with Gasteiger partial charge >= 0.3 is 0 Å². The molecule has 8 heteroatoms. The summed E-state index contributed by atoms with van der Waals surface area (Å²) in [6, 6.07) is 20.4. The van der Waals surface area contributed by atoms with E-state index in [0.717, 1.165) is 29.5 Å². The van der Waals surface area contributed by atoms with Gasteiger partial charge in [-0.2, -0.15) is 0 Å². The Morgan fingerprint density at radius 1 is 0.938 bits per heavy atom. The molecule has 3 aromatic carbocycles. The molecule has 7 nitrogen and oxygen atoms in total. The molecule has 1 amide bonds. The molecule has 4 N–H and O–H groups in total. The summed E-state index contributed by atoms with van der Waals surface area (Å²) in [5.74, 6) is 1.35. The molecule has 0 radical (unpaired) electrons. The fourth-order valence-electron chi connectivity index (χ4n) is 3.95. The number of benzene rings is 3. The van der Waals surface area contributed by atoms with Crippen molar-refractivity contribution >= 4 is 22.4 Å². The molecule has 2 aliphatic rings. The number of hydrogen-bond donors (Lipinski definition) is 4. The van der Waals surface area contributed by atoms with Crippen LogP contribution in [0.4, 0.5) is 5.69 Å². The lowest BCUT2D eigenvalue weighted by Crippen LogP contribution is -2.27. The third-order valence-corrected chi connectivity index (χ3v) is 7.53. The third kappa shape index (κ3) is 3.71. The Labute approximate surface area is 187 Å². The van der Waals surface area contributed by atoms with E-state index in [1.54, 1.807) is 12.1 Å². The number of anilines is 1. The highest BCUT2D eigenvalue weighted by molar-refractivity contribution is 8.22. The van der Waals surface area contributed by atoms with Crippen molar-refractivity contribution in [2.75, 3.05) is 19.2 Å². The summed E-state index contributed by atoms with van der Waals surface area (Å²) >= 11 is 0. The van der Waals surface area contributed by atoms with Crippen molar-refractivity contribution in [1.29, 1.82) is 0 Å². The van der Waals surface area contributed by atoms with Crippen molar-refractivity contribution in [3.05, 3.63) is 72.3 Å². The SMILES string of the molecule is CNS(O)(O)c1ccc(-c2cccc(NC(=O)C3(c4ccc5c(c4)OCO5)CC3)c2)cc1. The van der Waals surface area contributed by atoms with Gasteiger partial charge in [-0.15, -0.1) is 10.8 Å². The van der Waals surface area contributed by atoms with Gasteiger partial charge in [0.25, 0.3) is 0 Å². The Balaban J connectivity index is 1.35. The Bertz CT molecular complexity index is 1180. The Morgan fingerprint density at radius 2 is 1.69 bits per heavy atom. The third-order valence-electron chi connectivity index (χ3n) is 6.03. The zero-order chi connectivity index (χ0) is 22.3. The minimum Gasteiger partial charge on any atom is -0.454 e. The summed E-state index contributed by atoms with van der Waals surface area (Å²) in [5, 5.41) is 3.07. The minimum atomic E-state index is -2.98. The van der Waals surface area contributed by atoms with E-state index >= 15 is 0 Å². The molecule has 0 atom stereocenters. The quantitative estimate of drug-likeness (QED) is 0.420. The van der Waals surface area contributed by atoms with Gasteiger partial charge in [-0.1, -0.05) is 30.3 Å². The molecule has 1 aliphatic carbocycles. The molecule has 0 saturated heterocycles. The molecule has 1 saturated carbocycles. The van der Waals surface area contributed by atoms with Crippen LogP contribution >= 0.6 is 10.8 Å². The van der Waals surface area contributed by atoms with Crippen LogP contribution in [0, 0.1) is 0 Å². The second-order valence-corrected chi connectivity index (χ2v) is 9.94. The lowest BCUT2D eigenvalue weighted by molar-refractivity contribution is -0.118. The molecular formula is C24H24N2O5S. The van der Waals surface area contributed by atoms with Gasteiger partial charge in [-0.05, 0) is 65.9 Å². The first kappa shape index (κ1) is 20.8. The van der Waals surface area contributed by atoms with Crippen molar-refractivity contribution < 1.29 is 23.4 Å². The van der Waals surface area contributed by atoms with Crippen LogP contribution in [0.5, 0.6) is 11.5 Å². The first-order chi connectivity index (χ1) is 15.4. The van der Waals surface area contributed by atoms with Gasteiger partial charge in [0.1, 0.15) is 0 Å². The standard InChI is InChI=1S/C24H24N2O5S/c1-25-32(28,29)20-8-5-16(6-9-20)17-3-2-4-19(13-17)26-23(27)24(11-12-24)18-7-10-21-22(14-18)31-15-30-21/h2-10,13-14,25,28-29H,11-12,15H2,1H3,(H,26,27). The fraction of sp³-hybridized carbons (Fsp3) is 0.208. The lowest BCUT2D eigenvalue weighted by atomic mass is 9.94. The molecule has 0 unspecified atom stereocenters. The van der Waals surface area contributed by atoms with Gasteiger partial charge in [0.05, 0.1) is 10.3 Å². The molecule has 5 rings (SSSR count). The van der Waals surface area contributed by atoms with Crippen molar-refractivity contribution in [2.45, 2.75) is 23.2 Å². The van der Waals surface area contributed by atoms with Crippen LogP contribution < -0.4 is 19.5 Å². The predicted molar refractivity (Wildman–Crippen MR) is 124 cm³/mol. The van der Waals surface area contributed by atoms with Crippen molar-refractivity contribution in [2.24, 2.45) is 0 Å². The maximum atomic E-state index is 13.2. The highest BCUT2D eigenvalue weighted by atomic mass is 32.3. The molecular weight excluding hydrogens is 428 g/mol. The van der Waals surface area contributed by atoms with Crippen LogP contribution in [0.1, 0.15) is 18.4 Å². The predicted octanol–water partition coefficient (Wildman–Crippen LogP) is 5.00. The van der Waals surface area contributed by atoms with Crippen molar-refractivity contribution in [1.82, 2.24) is 4.72 Å². The Morgan fingerprint density at radius 3 is 2.41 bits per heavy atom. The summed E-state index contributed by atoms with van der Waals surface area (Å²) in [7, 11) is -1.48. The normalized spacial score (nSPS) is 16.5. The average molecular weight is 453 g/mol. The molecule has 1 heterocycles. The zero-order valence-corrected chi connectivity index (χ0v) is 18.3. The molecule has 1 fully saturated rings. The van der Waals surface area contributed by atoms with Crippen LogP contribution in [-0.4, -0.2) is 28.9 Å². The molecule has 0 bridgehead atoms. The van der Waals surface area contributed by atoms with E-state index in [2.05, 4.69) is 10.0 Å². The molecule has 32 heavy (non-hydrogen) atoms. The number of nitrogens with one attached hydrogen (secondary N) is 2.